The van der Waals surface area contributed by atoms with Crippen LogP contribution in [0.25, 0.3) is 22.3 Å². The molecule has 0 radical (unpaired) electrons. The molecule has 0 unspecified atom stereocenters. The maximum Gasteiger partial charge on any atom is 0.239 e. The number of ether oxygens (including phenoxy) is 2. The molecule has 0 aliphatic rings. The third kappa shape index (κ3) is 5.02. The summed E-state index contributed by atoms with van der Waals surface area (Å²) in [5.41, 5.74) is 1.57. The van der Waals surface area contributed by atoms with E-state index < -0.39 is 23.0 Å². The number of benzene rings is 2. The first-order valence-corrected chi connectivity index (χ1v) is 11.1. The highest BCUT2D eigenvalue weighted by atomic mass is 16.5. The van der Waals surface area contributed by atoms with Crippen LogP contribution in [0.5, 0.6) is 28.7 Å². The van der Waals surface area contributed by atoms with Crippen molar-refractivity contribution in [3.05, 3.63) is 63.4 Å². The molecule has 0 aliphatic carbocycles. The summed E-state index contributed by atoms with van der Waals surface area (Å²) in [6.07, 6.45) is 1.11. The van der Waals surface area contributed by atoms with Gasteiger partial charge in [-0.25, -0.2) is 0 Å². The second-order valence-electron chi connectivity index (χ2n) is 8.57. The molecule has 3 rings (SSSR count). The second-order valence-corrected chi connectivity index (χ2v) is 8.57. The number of hydrogen-bond acceptors (Lipinski definition) is 9. The summed E-state index contributed by atoms with van der Waals surface area (Å²) >= 11 is 0. The third-order valence-corrected chi connectivity index (χ3v) is 5.89. The number of hydrogen-bond donors (Lipinski definition) is 5. The second kappa shape index (κ2) is 10.8. The average Bonchev–Trinajstić information content (AvgIpc) is 2.83. The van der Waals surface area contributed by atoms with Crippen molar-refractivity contribution in [2.24, 2.45) is 0 Å². The quantitative estimate of drug-likeness (QED) is 0.279. The minimum Gasteiger partial charge on any atom is -0.507 e. The SMILES string of the molecule is C=C(C)[C@H](O)Cc1cc(-c2oc3cc(O)c(OC)c(O)c3c(=O)c2OC)cc(C/C=C(/C)CO)c1O. The number of phenols is 3. The fourth-order valence-corrected chi connectivity index (χ4v) is 3.80. The van der Waals surface area contributed by atoms with Crippen molar-refractivity contribution in [2.45, 2.75) is 32.8 Å². The molecule has 1 aromatic heterocycles. The lowest BCUT2D eigenvalue weighted by Gasteiger charge is -2.17. The average molecular weight is 499 g/mol. The highest BCUT2D eigenvalue weighted by molar-refractivity contribution is 5.91. The monoisotopic (exact) mass is 498 g/mol. The normalized spacial score (nSPS) is 12.6. The van der Waals surface area contributed by atoms with Gasteiger partial charge in [0.15, 0.2) is 17.3 Å². The van der Waals surface area contributed by atoms with Crippen molar-refractivity contribution in [1.82, 2.24) is 0 Å². The van der Waals surface area contributed by atoms with Gasteiger partial charge in [-0.15, -0.1) is 0 Å². The van der Waals surface area contributed by atoms with Crippen molar-refractivity contribution in [3.63, 3.8) is 0 Å². The Morgan fingerprint density at radius 2 is 1.69 bits per heavy atom. The lowest BCUT2D eigenvalue weighted by molar-refractivity contribution is 0.210. The first kappa shape index (κ1) is 26.7. The standard InChI is InChI=1S/C27H30O9/c1-13(2)18(29)10-16-9-17(8-15(22(16)31)7-6-14(3)12-28)25-27(35-5)24(33)21-20(36-25)11-19(30)26(34-4)23(21)32/h6,8-9,11,18,28-32H,1,7,10,12H2,2-5H3/b14-6-/t18-/m1/s1. The van der Waals surface area contributed by atoms with E-state index in [0.717, 1.165) is 6.07 Å². The summed E-state index contributed by atoms with van der Waals surface area (Å²) in [4.78, 5) is 13.3. The highest BCUT2D eigenvalue weighted by Crippen LogP contribution is 2.44. The predicted octanol–water partition coefficient (Wildman–Crippen LogP) is 3.55. The van der Waals surface area contributed by atoms with Gasteiger partial charge in [-0.05, 0) is 43.5 Å². The van der Waals surface area contributed by atoms with Crippen LogP contribution in [0.3, 0.4) is 0 Å². The molecule has 0 saturated heterocycles. The van der Waals surface area contributed by atoms with Crippen LogP contribution in [-0.2, 0) is 12.8 Å². The first-order valence-electron chi connectivity index (χ1n) is 11.1. The van der Waals surface area contributed by atoms with Crippen molar-refractivity contribution < 1.29 is 39.4 Å². The number of aromatic hydroxyl groups is 3. The van der Waals surface area contributed by atoms with Gasteiger partial charge in [0.1, 0.15) is 16.7 Å². The van der Waals surface area contributed by atoms with Gasteiger partial charge in [0.2, 0.25) is 16.9 Å². The molecule has 1 atom stereocenters. The Morgan fingerprint density at radius 3 is 2.28 bits per heavy atom. The van der Waals surface area contributed by atoms with E-state index in [4.69, 9.17) is 13.9 Å². The minimum atomic E-state index is -0.930. The predicted molar refractivity (Wildman–Crippen MR) is 135 cm³/mol. The summed E-state index contributed by atoms with van der Waals surface area (Å²) < 4.78 is 16.3. The van der Waals surface area contributed by atoms with Gasteiger partial charge < -0.3 is 39.4 Å². The first-order chi connectivity index (χ1) is 17.0. The van der Waals surface area contributed by atoms with Crippen molar-refractivity contribution in [2.75, 3.05) is 20.8 Å². The molecular weight excluding hydrogens is 468 g/mol. The summed E-state index contributed by atoms with van der Waals surface area (Å²) in [6.45, 7) is 7.01. The zero-order chi connectivity index (χ0) is 26.7. The molecule has 36 heavy (non-hydrogen) atoms. The van der Waals surface area contributed by atoms with Gasteiger partial charge in [-0.1, -0.05) is 23.8 Å². The molecule has 1 heterocycles. The van der Waals surface area contributed by atoms with Crippen molar-refractivity contribution in [1.29, 1.82) is 0 Å². The van der Waals surface area contributed by atoms with Crippen molar-refractivity contribution in [3.8, 4) is 40.1 Å². The van der Waals surface area contributed by atoms with Gasteiger partial charge in [-0.2, -0.15) is 0 Å². The fourth-order valence-electron chi connectivity index (χ4n) is 3.80. The summed E-state index contributed by atoms with van der Waals surface area (Å²) in [7, 11) is 2.51. The molecule has 9 nitrogen and oxygen atoms in total. The zero-order valence-electron chi connectivity index (χ0n) is 20.6. The molecule has 2 aromatic carbocycles. The molecule has 192 valence electrons. The van der Waals surface area contributed by atoms with Gasteiger partial charge in [0.05, 0.1) is 26.9 Å². The summed E-state index contributed by atoms with van der Waals surface area (Å²) in [6, 6.07) is 4.31. The number of phenolic OH excluding ortho intramolecular Hbond substituents is 3. The molecule has 0 bridgehead atoms. The Bertz CT molecular complexity index is 1400. The van der Waals surface area contributed by atoms with E-state index in [0.29, 0.717) is 27.8 Å². The minimum absolute atomic E-state index is 0.00542. The van der Waals surface area contributed by atoms with E-state index in [9.17, 15) is 30.3 Å². The molecule has 3 aromatic rings. The molecule has 0 amide bonds. The highest BCUT2D eigenvalue weighted by Gasteiger charge is 2.25. The Hall–Kier alpha value is -3.95. The maximum absolute atomic E-state index is 13.3. The number of rotatable bonds is 9. The Labute approximate surface area is 207 Å². The maximum atomic E-state index is 13.3. The number of aliphatic hydroxyl groups is 2. The largest absolute Gasteiger partial charge is 0.507 e. The molecule has 5 N–H and O–H groups in total. The van der Waals surface area contributed by atoms with E-state index >= 15 is 0 Å². The number of fused-ring (bicyclic) bond motifs is 1. The zero-order valence-corrected chi connectivity index (χ0v) is 20.6. The topological polar surface area (TPSA) is 150 Å². The van der Waals surface area contributed by atoms with E-state index in [1.54, 1.807) is 32.1 Å². The van der Waals surface area contributed by atoms with Gasteiger partial charge in [0.25, 0.3) is 0 Å². The van der Waals surface area contributed by atoms with Crippen LogP contribution in [0.4, 0.5) is 0 Å². The number of methoxy groups -OCH3 is 2. The van der Waals surface area contributed by atoms with Gasteiger partial charge in [-0.3, -0.25) is 4.79 Å². The Balaban J connectivity index is 2.34. The molecule has 0 spiro atoms. The van der Waals surface area contributed by atoms with Gasteiger partial charge in [0, 0.05) is 18.1 Å². The lowest BCUT2D eigenvalue weighted by Crippen LogP contribution is -2.12. The molecular formula is C27H30O9. The summed E-state index contributed by atoms with van der Waals surface area (Å²) in [5, 5.41) is 51.2. The molecule has 0 saturated carbocycles. The van der Waals surface area contributed by atoms with E-state index in [-0.39, 0.29) is 53.4 Å². The van der Waals surface area contributed by atoms with E-state index in [1.807, 2.05) is 0 Å². The van der Waals surface area contributed by atoms with Crippen molar-refractivity contribution >= 4 is 11.0 Å². The summed E-state index contributed by atoms with van der Waals surface area (Å²) in [5.74, 6) is -1.57. The van der Waals surface area contributed by atoms with Crippen LogP contribution >= 0.6 is 0 Å². The van der Waals surface area contributed by atoms with Crippen LogP contribution in [-0.4, -0.2) is 52.5 Å². The molecule has 9 heteroatoms. The van der Waals surface area contributed by atoms with Crippen LogP contribution < -0.4 is 14.9 Å². The van der Waals surface area contributed by atoms with Crippen LogP contribution in [0.15, 0.2) is 51.2 Å². The van der Waals surface area contributed by atoms with Gasteiger partial charge >= 0.3 is 0 Å². The molecule has 0 aliphatic heterocycles. The smallest absolute Gasteiger partial charge is 0.239 e. The lowest BCUT2D eigenvalue weighted by atomic mass is 9.94. The van der Waals surface area contributed by atoms with Crippen LogP contribution in [0, 0.1) is 0 Å². The van der Waals surface area contributed by atoms with E-state index in [1.165, 1.54) is 14.2 Å². The third-order valence-electron chi connectivity index (χ3n) is 5.89. The number of allylic oxidation sites excluding steroid dienone is 1. The Morgan fingerprint density at radius 1 is 1.06 bits per heavy atom. The van der Waals surface area contributed by atoms with Crippen LogP contribution in [0.1, 0.15) is 25.0 Å². The molecule has 0 fully saturated rings. The van der Waals surface area contributed by atoms with E-state index in [2.05, 4.69) is 6.58 Å². The number of aliphatic hydroxyl groups excluding tert-OH is 2. The van der Waals surface area contributed by atoms with Crippen LogP contribution in [0.2, 0.25) is 0 Å². The fraction of sp³-hybridized carbons (Fsp3) is 0.296. The Kier molecular flexibility index (Phi) is 7.96.